The maximum absolute atomic E-state index is 12.4. The number of amides is 2. The van der Waals surface area contributed by atoms with Gasteiger partial charge in [-0.15, -0.1) is 0 Å². The van der Waals surface area contributed by atoms with Crippen molar-refractivity contribution >= 4 is 12.0 Å². The van der Waals surface area contributed by atoms with Gasteiger partial charge in [-0.2, -0.15) is 4.98 Å². The van der Waals surface area contributed by atoms with E-state index in [0.29, 0.717) is 50.6 Å². The van der Waals surface area contributed by atoms with Crippen LogP contribution in [0.4, 0.5) is 4.79 Å². The van der Waals surface area contributed by atoms with Crippen LogP contribution in [0.3, 0.4) is 0 Å². The lowest BCUT2D eigenvalue weighted by Gasteiger charge is -2.32. The summed E-state index contributed by atoms with van der Waals surface area (Å²) in [6, 6.07) is 7.53. The van der Waals surface area contributed by atoms with Crippen LogP contribution in [0, 0.1) is 5.92 Å². The fourth-order valence-electron chi connectivity index (χ4n) is 3.80. The number of piperidine rings is 1. The van der Waals surface area contributed by atoms with E-state index in [2.05, 4.69) is 15.5 Å². The van der Waals surface area contributed by atoms with E-state index in [4.69, 9.17) is 14.0 Å². The third-order valence-electron chi connectivity index (χ3n) is 5.70. The number of rotatable bonds is 9. The molecular weight excluding hydrogens is 436 g/mol. The van der Waals surface area contributed by atoms with E-state index in [9.17, 15) is 9.59 Å². The molecule has 0 aliphatic carbocycles. The second-order valence-electron chi connectivity index (χ2n) is 9.58. The Hall–Kier alpha value is -3.10. The summed E-state index contributed by atoms with van der Waals surface area (Å²) in [7, 11) is 1.63. The summed E-state index contributed by atoms with van der Waals surface area (Å²) in [4.78, 5) is 30.7. The van der Waals surface area contributed by atoms with Crippen LogP contribution >= 0.6 is 0 Å². The zero-order chi connectivity index (χ0) is 24.6. The SMILES string of the molecule is COc1ccc(-c2noc(CCCCCNC(=O)C3CCN(C(=O)OC(C)(C)C)CC3)n2)cc1. The van der Waals surface area contributed by atoms with Crippen molar-refractivity contribution < 1.29 is 23.6 Å². The zero-order valence-corrected chi connectivity index (χ0v) is 20.6. The molecule has 3 rings (SSSR count). The lowest BCUT2D eigenvalue weighted by atomic mass is 9.96. The number of aromatic nitrogens is 2. The van der Waals surface area contributed by atoms with Gasteiger partial charge in [0.1, 0.15) is 11.4 Å². The van der Waals surface area contributed by atoms with E-state index in [0.717, 1.165) is 30.6 Å². The largest absolute Gasteiger partial charge is 0.497 e. The van der Waals surface area contributed by atoms with Gasteiger partial charge < -0.3 is 24.2 Å². The summed E-state index contributed by atoms with van der Waals surface area (Å²) >= 11 is 0. The van der Waals surface area contributed by atoms with Crippen LogP contribution < -0.4 is 10.1 Å². The van der Waals surface area contributed by atoms with E-state index in [1.165, 1.54) is 0 Å². The number of likely N-dealkylation sites (tertiary alicyclic amines) is 1. The third-order valence-corrected chi connectivity index (χ3v) is 5.70. The number of hydrogen-bond donors (Lipinski definition) is 1. The maximum atomic E-state index is 12.4. The van der Waals surface area contributed by atoms with Gasteiger partial charge in [0.15, 0.2) is 0 Å². The van der Waals surface area contributed by atoms with Crippen molar-refractivity contribution in [3.05, 3.63) is 30.2 Å². The standard InChI is InChI=1S/C25H36N4O5/c1-25(2,3)33-24(31)29-16-13-19(14-17-29)23(30)26-15-7-5-6-8-21-27-22(28-34-21)18-9-11-20(32-4)12-10-18/h9-12,19H,5-8,13-17H2,1-4H3,(H,26,30). The molecule has 1 aromatic carbocycles. The average molecular weight is 473 g/mol. The van der Waals surface area contributed by atoms with Crippen LogP contribution in [-0.2, 0) is 16.0 Å². The van der Waals surface area contributed by atoms with Crippen LogP contribution in [0.25, 0.3) is 11.4 Å². The molecule has 1 fully saturated rings. The number of unbranched alkanes of at least 4 members (excludes halogenated alkanes) is 2. The van der Waals surface area contributed by atoms with Gasteiger partial charge in [-0.3, -0.25) is 4.79 Å². The summed E-state index contributed by atoms with van der Waals surface area (Å²) in [5.74, 6) is 2.00. The molecule has 0 bridgehead atoms. The first kappa shape index (κ1) is 25.5. The minimum Gasteiger partial charge on any atom is -0.497 e. The van der Waals surface area contributed by atoms with Crippen molar-refractivity contribution in [2.45, 2.75) is 64.9 Å². The molecule has 1 aromatic heterocycles. The van der Waals surface area contributed by atoms with E-state index >= 15 is 0 Å². The van der Waals surface area contributed by atoms with E-state index in [1.807, 2.05) is 45.0 Å². The van der Waals surface area contributed by atoms with Crippen LogP contribution in [0.2, 0.25) is 0 Å². The Morgan fingerprint density at radius 2 is 1.82 bits per heavy atom. The van der Waals surface area contributed by atoms with Gasteiger partial charge in [0.2, 0.25) is 17.6 Å². The number of nitrogens with one attached hydrogen (secondary N) is 1. The molecule has 9 nitrogen and oxygen atoms in total. The Morgan fingerprint density at radius 3 is 2.47 bits per heavy atom. The van der Waals surface area contributed by atoms with Crippen LogP contribution in [-0.4, -0.2) is 59.4 Å². The van der Waals surface area contributed by atoms with Gasteiger partial charge in [-0.25, -0.2) is 4.79 Å². The highest BCUT2D eigenvalue weighted by molar-refractivity contribution is 5.79. The first-order valence-corrected chi connectivity index (χ1v) is 12.0. The van der Waals surface area contributed by atoms with E-state index in [-0.39, 0.29) is 17.9 Å². The van der Waals surface area contributed by atoms with Gasteiger partial charge >= 0.3 is 6.09 Å². The number of hydrogen-bond acceptors (Lipinski definition) is 7. The molecule has 1 aliphatic heterocycles. The molecule has 2 aromatic rings. The molecule has 0 unspecified atom stereocenters. The average Bonchev–Trinajstić information content (AvgIpc) is 3.29. The molecule has 0 atom stereocenters. The summed E-state index contributed by atoms with van der Waals surface area (Å²) in [6.45, 7) is 7.31. The van der Waals surface area contributed by atoms with Crippen LogP contribution in [0.1, 0.15) is 58.8 Å². The van der Waals surface area contributed by atoms with Crippen LogP contribution in [0.15, 0.2) is 28.8 Å². The zero-order valence-electron chi connectivity index (χ0n) is 20.6. The molecule has 9 heteroatoms. The van der Waals surface area contributed by atoms with Crippen molar-refractivity contribution in [3.63, 3.8) is 0 Å². The smallest absolute Gasteiger partial charge is 0.410 e. The summed E-state index contributed by atoms with van der Waals surface area (Å²) in [5.41, 5.74) is 0.378. The van der Waals surface area contributed by atoms with Crippen molar-refractivity contribution in [2.24, 2.45) is 5.92 Å². The number of carbonyl (C=O) groups is 2. The predicted octanol–water partition coefficient (Wildman–Crippen LogP) is 4.22. The van der Waals surface area contributed by atoms with Gasteiger partial charge in [0, 0.05) is 37.5 Å². The second kappa shape index (κ2) is 11.9. The highest BCUT2D eigenvalue weighted by Crippen LogP contribution is 2.21. The second-order valence-corrected chi connectivity index (χ2v) is 9.58. The molecule has 186 valence electrons. The molecule has 0 radical (unpaired) electrons. The summed E-state index contributed by atoms with van der Waals surface area (Å²) in [6.07, 6.45) is 4.50. The molecule has 1 saturated heterocycles. The fraction of sp³-hybridized carbons (Fsp3) is 0.600. The Kier molecular flexibility index (Phi) is 8.90. The lowest BCUT2D eigenvalue weighted by molar-refractivity contribution is -0.126. The molecule has 2 amide bonds. The summed E-state index contributed by atoms with van der Waals surface area (Å²) in [5, 5.41) is 7.08. The van der Waals surface area contributed by atoms with Crippen molar-refractivity contribution in [2.75, 3.05) is 26.7 Å². The van der Waals surface area contributed by atoms with Gasteiger partial charge in [0.25, 0.3) is 0 Å². The highest BCUT2D eigenvalue weighted by Gasteiger charge is 2.29. The first-order valence-electron chi connectivity index (χ1n) is 12.0. The Morgan fingerprint density at radius 1 is 1.12 bits per heavy atom. The Balaban J connectivity index is 1.28. The number of aryl methyl sites for hydroxylation is 1. The minimum absolute atomic E-state index is 0.0477. The van der Waals surface area contributed by atoms with Crippen molar-refractivity contribution in [3.8, 4) is 17.1 Å². The van der Waals surface area contributed by atoms with E-state index in [1.54, 1.807) is 12.0 Å². The Bertz CT molecular complexity index is 928. The number of carbonyl (C=O) groups excluding carboxylic acids is 2. The normalized spacial score (nSPS) is 14.6. The number of ether oxygens (including phenoxy) is 2. The number of nitrogens with zero attached hydrogens (tertiary/aromatic N) is 3. The molecular formula is C25H36N4O5. The summed E-state index contributed by atoms with van der Waals surface area (Å²) < 4.78 is 15.9. The first-order chi connectivity index (χ1) is 16.2. The molecule has 0 saturated carbocycles. The van der Waals surface area contributed by atoms with Crippen molar-refractivity contribution in [1.82, 2.24) is 20.4 Å². The fourth-order valence-corrected chi connectivity index (χ4v) is 3.80. The molecule has 34 heavy (non-hydrogen) atoms. The van der Waals surface area contributed by atoms with Gasteiger partial charge in [-0.05, 0) is 70.7 Å². The highest BCUT2D eigenvalue weighted by atomic mass is 16.6. The molecule has 1 N–H and O–H groups in total. The van der Waals surface area contributed by atoms with Gasteiger partial charge in [-0.1, -0.05) is 11.6 Å². The van der Waals surface area contributed by atoms with Crippen molar-refractivity contribution in [1.29, 1.82) is 0 Å². The van der Waals surface area contributed by atoms with Crippen LogP contribution in [0.5, 0.6) is 5.75 Å². The number of benzene rings is 1. The molecule has 2 heterocycles. The van der Waals surface area contributed by atoms with E-state index < -0.39 is 5.60 Å². The predicted molar refractivity (Wildman–Crippen MR) is 127 cm³/mol. The quantitative estimate of drug-likeness (QED) is 0.545. The lowest BCUT2D eigenvalue weighted by Crippen LogP contribution is -2.45. The number of methoxy groups -OCH3 is 1. The molecule has 0 spiro atoms. The monoisotopic (exact) mass is 472 g/mol. The molecule has 1 aliphatic rings. The Labute approximate surface area is 201 Å². The topological polar surface area (TPSA) is 107 Å². The van der Waals surface area contributed by atoms with Gasteiger partial charge in [0.05, 0.1) is 7.11 Å². The minimum atomic E-state index is -0.506. The maximum Gasteiger partial charge on any atom is 0.410 e. The third kappa shape index (κ3) is 7.74.